The number of halogens is 3. The second kappa shape index (κ2) is 5.97. The SMILES string of the molecule is CCNC(=O)Nc1ccc(OC(F)F)c(F)c1. The molecule has 0 fully saturated rings. The van der Waals surface area contributed by atoms with Gasteiger partial charge in [0.15, 0.2) is 11.6 Å². The molecule has 0 unspecified atom stereocenters. The number of ether oxygens (including phenoxy) is 1. The number of rotatable bonds is 4. The summed E-state index contributed by atoms with van der Waals surface area (Å²) in [6, 6.07) is 2.67. The second-order valence-corrected chi connectivity index (χ2v) is 3.01. The van der Waals surface area contributed by atoms with Crippen molar-refractivity contribution in [3.63, 3.8) is 0 Å². The summed E-state index contributed by atoms with van der Waals surface area (Å²) in [6.07, 6.45) is 0. The predicted molar refractivity (Wildman–Crippen MR) is 55.7 cm³/mol. The smallest absolute Gasteiger partial charge is 0.387 e. The lowest BCUT2D eigenvalue weighted by atomic mass is 10.3. The number of benzene rings is 1. The quantitative estimate of drug-likeness (QED) is 0.860. The summed E-state index contributed by atoms with van der Waals surface area (Å²) < 4.78 is 40.8. The van der Waals surface area contributed by atoms with Gasteiger partial charge in [-0.05, 0) is 19.1 Å². The molecule has 0 radical (unpaired) electrons. The van der Waals surface area contributed by atoms with Gasteiger partial charge < -0.3 is 15.4 Å². The fourth-order valence-electron chi connectivity index (χ4n) is 1.11. The standard InChI is InChI=1S/C10H11F3N2O2/c1-2-14-10(16)15-6-3-4-8(7(11)5-6)17-9(12)13/h3-5,9H,2H2,1H3,(H2,14,15,16). The predicted octanol–water partition coefficient (Wildman–Crippen LogP) is 2.57. The Bertz CT molecular complexity index is 399. The Hall–Kier alpha value is -1.92. The van der Waals surface area contributed by atoms with Crippen molar-refractivity contribution >= 4 is 11.7 Å². The maximum absolute atomic E-state index is 13.2. The molecule has 4 nitrogen and oxygen atoms in total. The minimum atomic E-state index is -3.09. The van der Waals surface area contributed by atoms with E-state index < -0.39 is 24.2 Å². The van der Waals surface area contributed by atoms with Crippen molar-refractivity contribution in [1.82, 2.24) is 5.32 Å². The van der Waals surface area contributed by atoms with Crippen LogP contribution in [-0.4, -0.2) is 19.2 Å². The molecule has 0 bridgehead atoms. The summed E-state index contributed by atoms with van der Waals surface area (Å²) in [5.74, 6) is -1.54. The molecule has 0 aliphatic carbocycles. The normalized spacial score (nSPS) is 10.2. The number of carbonyl (C=O) groups is 1. The van der Waals surface area contributed by atoms with Crippen LogP contribution in [0.5, 0.6) is 5.75 Å². The molecular weight excluding hydrogens is 237 g/mol. The third kappa shape index (κ3) is 4.21. The maximum Gasteiger partial charge on any atom is 0.387 e. The summed E-state index contributed by atoms with van der Waals surface area (Å²) in [7, 11) is 0. The van der Waals surface area contributed by atoms with Crippen LogP contribution in [0.3, 0.4) is 0 Å². The number of nitrogens with one attached hydrogen (secondary N) is 2. The third-order valence-corrected chi connectivity index (χ3v) is 1.74. The van der Waals surface area contributed by atoms with Crippen molar-refractivity contribution in [3.8, 4) is 5.75 Å². The van der Waals surface area contributed by atoms with Gasteiger partial charge in [0, 0.05) is 18.3 Å². The van der Waals surface area contributed by atoms with E-state index in [0.717, 1.165) is 12.1 Å². The van der Waals surface area contributed by atoms with E-state index >= 15 is 0 Å². The summed E-state index contributed by atoms with van der Waals surface area (Å²) in [4.78, 5) is 11.1. The van der Waals surface area contributed by atoms with Gasteiger partial charge in [-0.15, -0.1) is 0 Å². The van der Waals surface area contributed by atoms with Crippen molar-refractivity contribution in [2.75, 3.05) is 11.9 Å². The van der Waals surface area contributed by atoms with Gasteiger partial charge in [0.25, 0.3) is 0 Å². The lowest BCUT2D eigenvalue weighted by Crippen LogP contribution is -2.28. The first kappa shape index (κ1) is 13.1. The molecule has 1 aromatic rings. The van der Waals surface area contributed by atoms with Crippen LogP contribution in [0.15, 0.2) is 18.2 Å². The first-order chi connectivity index (χ1) is 8.02. The summed E-state index contributed by atoms with van der Waals surface area (Å²) in [6.45, 7) is -0.952. The highest BCUT2D eigenvalue weighted by atomic mass is 19.3. The van der Waals surface area contributed by atoms with Crippen LogP contribution < -0.4 is 15.4 Å². The lowest BCUT2D eigenvalue weighted by molar-refractivity contribution is -0.0521. The zero-order valence-electron chi connectivity index (χ0n) is 8.97. The van der Waals surface area contributed by atoms with E-state index in [4.69, 9.17) is 0 Å². The number of amides is 2. The highest BCUT2D eigenvalue weighted by Crippen LogP contribution is 2.22. The van der Waals surface area contributed by atoms with Crippen LogP contribution >= 0.6 is 0 Å². The maximum atomic E-state index is 13.2. The molecular formula is C10H11F3N2O2. The summed E-state index contributed by atoms with van der Waals surface area (Å²) >= 11 is 0. The van der Waals surface area contributed by atoms with Crippen molar-refractivity contribution in [2.24, 2.45) is 0 Å². The number of hydrogen-bond donors (Lipinski definition) is 2. The van der Waals surface area contributed by atoms with Gasteiger partial charge in [0.1, 0.15) is 0 Å². The molecule has 0 saturated heterocycles. The Balaban J connectivity index is 2.71. The molecule has 0 spiro atoms. The number of hydrogen-bond acceptors (Lipinski definition) is 2. The Morgan fingerprint density at radius 3 is 2.71 bits per heavy atom. The minimum absolute atomic E-state index is 0.148. The van der Waals surface area contributed by atoms with E-state index in [9.17, 15) is 18.0 Å². The topological polar surface area (TPSA) is 50.4 Å². The fourth-order valence-corrected chi connectivity index (χ4v) is 1.11. The zero-order chi connectivity index (χ0) is 12.8. The third-order valence-electron chi connectivity index (χ3n) is 1.74. The molecule has 0 saturated carbocycles. The zero-order valence-corrected chi connectivity index (χ0v) is 8.97. The average Bonchev–Trinajstić information content (AvgIpc) is 2.22. The summed E-state index contributed by atoms with van der Waals surface area (Å²) in [5.41, 5.74) is 0.148. The number of anilines is 1. The minimum Gasteiger partial charge on any atom is -0.432 e. The Labute approximate surface area is 95.8 Å². The first-order valence-electron chi connectivity index (χ1n) is 4.82. The highest BCUT2D eigenvalue weighted by molar-refractivity contribution is 5.89. The van der Waals surface area contributed by atoms with Gasteiger partial charge in [0.2, 0.25) is 0 Å². The summed E-state index contributed by atoms with van der Waals surface area (Å²) in [5, 5.41) is 4.77. The average molecular weight is 248 g/mol. The van der Waals surface area contributed by atoms with Gasteiger partial charge in [0.05, 0.1) is 0 Å². The van der Waals surface area contributed by atoms with E-state index in [2.05, 4.69) is 15.4 Å². The van der Waals surface area contributed by atoms with Crippen molar-refractivity contribution in [2.45, 2.75) is 13.5 Å². The Kier molecular flexibility index (Phi) is 4.62. The molecule has 0 aliphatic heterocycles. The molecule has 17 heavy (non-hydrogen) atoms. The lowest BCUT2D eigenvalue weighted by Gasteiger charge is -2.09. The van der Waals surface area contributed by atoms with Crippen LogP contribution in [0.4, 0.5) is 23.7 Å². The Morgan fingerprint density at radius 1 is 1.47 bits per heavy atom. The molecule has 0 aromatic heterocycles. The largest absolute Gasteiger partial charge is 0.432 e. The van der Waals surface area contributed by atoms with E-state index in [0.29, 0.717) is 6.54 Å². The molecule has 0 aliphatic rings. The molecule has 0 heterocycles. The van der Waals surface area contributed by atoms with Gasteiger partial charge in [-0.25, -0.2) is 9.18 Å². The second-order valence-electron chi connectivity index (χ2n) is 3.01. The Morgan fingerprint density at radius 2 is 2.18 bits per heavy atom. The van der Waals surface area contributed by atoms with Crippen molar-refractivity contribution in [3.05, 3.63) is 24.0 Å². The first-order valence-corrected chi connectivity index (χ1v) is 4.82. The van der Waals surface area contributed by atoms with Crippen LogP contribution in [-0.2, 0) is 0 Å². The monoisotopic (exact) mass is 248 g/mol. The van der Waals surface area contributed by atoms with E-state index in [1.165, 1.54) is 6.07 Å². The van der Waals surface area contributed by atoms with Crippen molar-refractivity contribution in [1.29, 1.82) is 0 Å². The number of alkyl halides is 2. The van der Waals surface area contributed by atoms with Gasteiger partial charge in [-0.3, -0.25) is 0 Å². The molecule has 2 N–H and O–H groups in total. The number of urea groups is 1. The van der Waals surface area contributed by atoms with E-state index in [1.54, 1.807) is 6.92 Å². The highest BCUT2D eigenvalue weighted by Gasteiger charge is 2.10. The van der Waals surface area contributed by atoms with Gasteiger partial charge in [-0.2, -0.15) is 8.78 Å². The molecule has 1 aromatic carbocycles. The molecule has 0 atom stereocenters. The molecule has 7 heteroatoms. The van der Waals surface area contributed by atoms with E-state index in [-0.39, 0.29) is 5.69 Å². The molecule has 2 amide bonds. The van der Waals surface area contributed by atoms with Crippen molar-refractivity contribution < 1.29 is 22.7 Å². The van der Waals surface area contributed by atoms with Crippen LogP contribution in [0.25, 0.3) is 0 Å². The molecule has 94 valence electrons. The number of carbonyl (C=O) groups excluding carboxylic acids is 1. The van der Waals surface area contributed by atoms with Crippen LogP contribution in [0.2, 0.25) is 0 Å². The fraction of sp³-hybridized carbons (Fsp3) is 0.300. The molecule has 1 rings (SSSR count). The van der Waals surface area contributed by atoms with E-state index in [1.807, 2.05) is 0 Å². The van der Waals surface area contributed by atoms with Gasteiger partial charge in [-0.1, -0.05) is 0 Å². The van der Waals surface area contributed by atoms with Crippen LogP contribution in [0.1, 0.15) is 6.92 Å². The van der Waals surface area contributed by atoms with Crippen LogP contribution in [0, 0.1) is 5.82 Å². The van der Waals surface area contributed by atoms with Gasteiger partial charge >= 0.3 is 12.6 Å².